The molecule has 2 unspecified atom stereocenters. The number of rotatable bonds is 4. The molecule has 23 heavy (non-hydrogen) atoms. The van der Waals surface area contributed by atoms with Crippen LogP contribution in [-0.4, -0.2) is 23.9 Å². The van der Waals surface area contributed by atoms with E-state index in [0.29, 0.717) is 0 Å². The molecule has 0 saturated heterocycles. The van der Waals surface area contributed by atoms with Crippen molar-refractivity contribution in [3.8, 4) is 0 Å². The molecule has 0 aliphatic carbocycles. The van der Waals surface area contributed by atoms with Gasteiger partial charge in [0.15, 0.2) is 5.84 Å². The molecule has 1 aliphatic heterocycles. The van der Waals surface area contributed by atoms with Gasteiger partial charge in [-0.2, -0.15) is 0 Å². The Labute approximate surface area is 139 Å². The number of hydrogen-bond acceptors (Lipinski definition) is 4. The largest absolute Gasteiger partial charge is 0.381 e. The maximum Gasteiger partial charge on any atom is 0.270 e. The van der Waals surface area contributed by atoms with E-state index in [9.17, 15) is 4.79 Å². The quantitative estimate of drug-likeness (QED) is 0.533. The van der Waals surface area contributed by atoms with Crippen molar-refractivity contribution in [2.45, 2.75) is 32.4 Å². The van der Waals surface area contributed by atoms with Gasteiger partial charge < -0.3 is 15.5 Å². The molecule has 1 amide bonds. The molecule has 2 heterocycles. The number of thiophene rings is 1. The SMILES string of the molecule is CC(O/N=C(\N)c1cccs1)C(=O)N1c2ccccc2CC1C. The van der Waals surface area contributed by atoms with Crippen molar-refractivity contribution in [3.05, 3.63) is 52.2 Å². The first-order valence-electron chi connectivity index (χ1n) is 7.52. The molecule has 1 aromatic heterocycles. The van der Waals surface area contributed by atoms with Gasteiger partial charge in [-0.15, -0.1) is 11.3 Å². The molecule has 0 fully saturated rings. The van der Waals surface area contributed by atoms with Crippen LogP contribution in [0.3, 0.4) is 0 Å². The smallest absolute Gasteiger partial charge is 0.270 e. The molecule has 2 aromatic rings. The molecule has 3 rings (SSSR count). The molecule has 0 spiro atoms. The van der Waals surface area contributed by atoms with Crippen molar-refractivity contribution in [1.29, 1.82) is 0 Å². The highest BCUT2D eigenvalue weighted by Crippen LogP contribution is 2.32. The van der Waals surface area contributed by atoms with Gasteiger partial charge in [0.25, 0.3) is 5.91 Å². The maximum atomic E-state index is 12.7. The number of amidine groups is 1. The third-order valence-electron chi connectivity index (χ3n) is 3.88. The summed E-state index contributed by atoms with van der Waals surface area (Å²) in [7, 11) is 0. The van der Waals surface area contributed by atoms with E-state index in [-0.39, 0.29) is 17.8 Å². The summed E-state index contributed by atoms with van der Waals surface area (Å²) in [5.74, 6) is 0.180. The summed E-state index contributed by atoms with van der Waals surface area (Å²) in [5, 5.41) is 5.81. The van der Waals surface area contributed by atoms with E-state index in [4.69, 9.17) is 10.6 Å². The van der Waals surface area contributed by atoms with Crippen LogP contribution < -0.4 is 10.6 Å². The van der Waals surface area contributed by atoms with Crippen LogP contribution in [0.5, 0.6) is 0 Å². The minimum absolute atomic E-state index is 0.106. The fraction of sp³-hybridized carbons (Fsp3) is 0.294. The number of benzene rings is 1. The summed E-state index contributed by atoms with van der Waals surface area (Å²) in [4.78, 5) is 20.7. The summed E-state index contributed by atoms with van der Waals surface area (Å²) in [5.41, 5.74) is 7.99. The van der Waals surface area contributed by atoms with E-state index in [0.717, 1.165) is 17.0 Å². The lowest BCUT2D eigenvalue weighted by molar-refractivity contribution is -0.129. The number of fused-ring (bicyclic) bond motifs is 1. The Morgan fingerprint density at radius 3 is 2.91 bits per heavy atom. The van der Waals surface area contributed by atoms with Gasteiger partial charge in [0.05, 0.1) is 4.88 Å². The van der Waals surface area contributed by atoms with E-state index >= 15 is 0 Å². The summed E-state index contributed by atoms with van der Waals surface area (Å²) >= 11 is 1.48. The zero-order valence-electron chi connectivity index (χ0n) is 13.1. The first-order valence-corrected chi connectivity index (χ1v) is 8.40. The Bertz CT molecular complexity index is 727. The van der Waals surface area contributed by atoms with Gasteiger partial charge in [-0.25, -0.2) is 0 Å². The summed E-state index contributed by atoms with van der Waals surface area (Å²) < 4.78 is 0. The van der Waals surface area contributed by atoms with Crippen LogP contribution in [0.4, 0.5) is 5.69 Å². The van der Waals surface area contributed by atoms with Crippen LogP contribution >= 0.6 is 11.3 Å². The minimum Gasteiger partial charge on any atom is -0.381 e. The van der Waals surface area contributed by atoms with Gasteiger partial charge in [-0.1, -0.05) is 29.4 Å². The molecular weight excluding hydrogens is 310 g/mol. The highest BCUT2D eigenvalue weighted by Gasteiger charge is 2.34. The number of carbonyl (C=O) groups excluding carboxylic acids is 1. The average Bonchev–Trinajstić information content (AvgIpc) is 3.18. The zero-order chi connectivity index (χ0) is 16.4. The molecule has 1 aromatic carbocycles. The van der Waals surface area contributed by atoms with Gasteiger partial charge in [-0.3, -0.25) is 4.79 Å². The standard InChI is InChI=1S/C17H19N3O2S/c1-11-10-13-6-3-4-7-14(13)20(11)17(21)12(2)22-19-16(18)15-8-5-9-23-15/h3-9,11-12H,10H2,1-2H3,(H2,18,19). The van der Waals surface area contributed by atoms with E-state index in [1.54, 1.807) is 11.8 Å². The maximum absolute atomic E-state index is 12.7. The van der Waals surface area contributed by atoms with E-state index in [1.807, 2.05) is 42.6 Å². The second kappa shape index (κ2) is 6.42. The lowest BCUT2D eigenvalue weighted by atomic mass is 10.1. The summed E-state index contributed by atoms with van der Waals surface area (Å²) in [6.45, 7) is 3.73. The van der Waals surface area contributed by atoms with E-state index in [1.165, 1.54) is 16.9 Å². The Hall–Kier alpha value is -2.34. The van der Waals surface area contributed by atoms with Crippen molar-refractivity contribution in [2.24, 2.45) is 10.9 Å². The third kappa shape index (κ3) is 3.07. The molecule has 1 aliphatic rings. The highest BCUT2D eigenvalue weighted by atomic mass is 32.1. The third-order valence-corrected chi connectivity index (χ3v) is 4.77. The number of hydrogen-bond donors (Lipinski definition) is 1. The van der Waals surface area contributed by atoms with Gasteiger partial charge in [0, 0.05) is 11.7 Å². The van der Waals surface area contributed by atoms with E-state index < -0.39 is 6.10 Å². The van der Waals surface area contributed by atoms with Crippen LogP contribution in [0.2, 0.25) is 0 Å². The van der Waals surface area contributed by atoms with Crippen LogP contribution in [0.25, 0.3) is 0 Å². The van der Waals surface area contributed by atoms with Crippen LogP contribution in [-0.2, 0) is 16.1 Å². The van der Waals surface area contributed by atoms with Crippen LogP contribution in [0.15, 0.2) is 46.9 Å². The van der Waals surface area contributed by atoms with Crippen molar-refractivity contribution in [1.82, 2.24) is 0 Å². The number of nitrogens with zero attached hydrogens (tertiary/aromatic N) is 2. The van der Waals surface area contributed by atoms with Crippen LogP contribution in [0.1, 0.15) is 24.3 Å². The Kier molecular flexibility index (Phi) is 4.34. The predicted molar refractivity (Wildman–Crippen MR) is 92.7 cm³/mol. The fourth-order valence-corrected chi connectivity index (χ4v) is 3.37. The first-order chi connectivity index (χ1) is 11.1. The first kappa shape index (κ1) is 15.6. The second-order valence-corrected chi connectivity index (χ2v) is 6.54. The molecule has 2 N–H and O–H groups in total. The number of oxime groups is 1. The normalized spacial score (nSPS) is 18.6. The number of carbonyl (C=O) groups is 1. The zero-order valence-corrected chi connectivity index (χ0v) is 13.9. The number of amides is 1. The molecule has 6 heteroatoms. The van der Waals surface area contributed by atoms with Gasteiger partial charge in [-0.05, 0) is 43.3 Å². The molecule has 0 radical (unpaired) electrons. The molecule has 5 nitrogen and oxygen atoms in total. The monoisotopic (exact) mass is 329 g/mol. The number of para-hydroxylation sites is 1. The predicted octanol–water partition coefficient (Wildman–Crippen LogP) is 2.75. The molecule has 0 bridgehead atoms. The topological polar surface area (TPSA) is 67.9 Å². The van der Waals surface area contributed by atoms with Crippen molar-refractivity contribution in [2.75, 3.05) is 4.90 Å². The average molecular weight is 329 g/mol. The van der Waals surface area contributed by atoms with Crippen molar-refractivity contribution >= 4 is 28.8 Å². The fourth-order valence-electron chi connectivity index (χ4n) is 2.75. The second-order valence-electron chi connectivity index (χ2n) is 5.59. The minimum atomic E-state index is -0.692. The number of nitrogens with two attached hydrogens (primary N) is 1. The summed E-state index contributed by atoms with van der Waals surface area (Å²) in [6.07, 6.45) is 0.164. The Balaban J connectivity index is 1.72. The summed E-state index contributed by atoms with van der Waals surface area (Å²) in [6, 6.07) is 11.8. The Morgan fingerprint density at radius 2 is 2.17 bits per heavy atom. The van der Waals surface area contributed by atoms with Gasteiger partial charge >= 0.3 is 0 Å². The van der Waals surface area contributed by atoms with E-state index in [2.05, 4.69) is 11.2 Å². The molecule has 0 saturated carbocycles. The number of anilines is 1. The highest BCUT2D eigenvalue weighted by molar-refractivity contribution is 7.12. The Morgan fingerprint density at radius 1 is 1.39 bits per heavy atom. The lowest BCUT2D eigenvalue weighted by Crippen LogP contribution is -2.42. The molecular formula is C17H19N3O2S. The van der Waals surface area contributed by atoms with Gasteiger partial charge in [0.2, 0.25) is 6.10 Å². The van der Waals surface area contributed by atoms with Crippen molar-refractivity contribution < 1.29 is 9.63 Å². The molecule has 120 valence electrons. The lowest BCUT2D eigenvalue weighted by Gasteiger charge is -2.25. The van der Waals surface area contributed by atoms with Gasteiger partial charge in [0.1, 0.15) is 0 Å². The van der Waals surface area contributed by atoms with Crippen LogP contribution in [0, 0.1) is 0 Å². The van der Waals surface area contributed by atoms with Crippen molar-refractivity contribution in [3.63, 3.8) is 0 Å². The molecule has 2 atom stereocenters.